The third-order valence-electron chi connectivity index (χ3n) is 7.22. The number of hydrogen-bond donors (Lipinski definition) is 1. The summed E-state index contributed by atoms with van der Waals surface area (Å²) in [6, 6.07) is 12.5. The maximum Gasteiger partial charge on any atom is 0.150 e. The monoisotopic (exact) mass is 446 g/mol. The van der Waals surface area contributed by atoms with Gasteiger partial charge in [-0.25, -0.2) is 4.39 Å². The highest BCUT2D eigenvalue weighted by Crippen LogP contribution is 2.40. The first-order chi connectivity index (χ1) is 15.7. The lowest BCUT2D eigenvalue weighted by molar-refractivity contribution is 0.170. The molecule has 1 N–H and O–H groups in total. The van der Waals surface area contributed by atoms with Gasteiger partial charge in [-0.05, 0) is 108 Å². The van der Waals surface area contributed by atoms with Gasteiger partial charge in [0.15, 0.2) is 5.82 Å². The third kappa shape index (κ3) is 4.25. The number of piperidine rings is 1. The van der Waals surface area contributed by atoms with E-state index < -0.39 is 0 Å². The highest BCUT2D eigenvalue weighted by Gasteiger charge is 2.29. The van der Waals surface area contributed by atoms with Gasteiger partial charge in [0.05, 0.1) is 17.3 Å². The average Bonchev–Trinajstić information content (AvgIpc) is 3.11. The number of nitrogens with zero attached hydrogens (tertiary/aromatic N) is 3. The Bertz CT molecular complexity index is 1190. The quantitative estimate of drug-likeness (QED) is 0.462. The first-order valence-electron chi connectivity index (χ1n) is 12.1. The first kappa shape index (κ1) is 23.3. The number of nitriles is 1. The molecule has 4 rings (SSSR count). The molecule has 33 heavy (non-hydrogen) atoms. The summed E-state index contributed by atoms with van der Waals surface area (Å²) in [5.41, 5.74) is 5.11. The number of benzene rings is 2. The Morgan fingerprint density at radius 1 is 1.09 bits per heavy atom. The Labute approximate surface area is 197 Å². The molecule has 4 nitrogen and oxygen atoms in total. The molecule has 0 atom stereocenters. The van der Waals surface area contributed by atoms with Crippen LogP contribution in [0.15, 0.2) is 30.3 Å². The van der Waals surface area contributed by atoms with Gasteiger partial charge in [-0.15, -0.1) is 0 Å². The first-order valence-corrected chi connectivity index (χ1v) is 12.1. The predicted octanol–water partition coefficient (Wildman–Crippen LogP) is 6.93. The SMILES string of the molecule is Cc1ccc(N(c2[nH]c3cc(C#N)ccc3c2C)C(C)C)c(F)c1C1CCN(C(C)C)CC1. The highest BCUT2D eigenvalue weighted by molar-refractivity contribution is 5.91. The molecule has 0 aliphatic carbocycles. The van der Waals surface area contributed by atoms with Crippen LogP contribution in [0, 0.1) is 31.0 Å². The molecular formula is C28H35FN4. The molecule has 2 heterocycles. The number of H-pyrrole nitrogens is 1. The Morgan fingerprint density at radius 2 is 1.79 bits per heavy atom. The van der Waals surface area contributed by atoms with Crippen molar-refractivity contribution >= 4 is 22.4 Å². The normalized spacial score (nSPS) is 15.5. The molecular weight excluding hydrogens is 411 g/mol. The molecule has 0 radical (unpaired) electrons. The van der Waals surface area contributed by atoms with E-state index in [-0.39, 0.29) is 17.8 Å². The molecule has 2 aromatic carbocycles. The average molecular weight is 447 g/mol. The van der Waals surface area contributed by atoms with Crippen LogP contribution in [0.25, 0.3) is 10.9 Å². The zero-order valence-electron chi connectivity index (χ0n) is 20.7. The number of hydrogen-bond acceptors (Lipinski definition) is 3. The number of aromatic amines is 1. The molecule has 1 saturated heterocycles. The van der Waals surface area contributed by atoms with Crippen LogP contribution in [0.1, 0.15) is 68.7 Å². The van der Waals surface area contributed by atoms with Crippen LogP contribution in [0.2, 0.25) is 0 Å². The number of halogens is 1. The van der Waals surface area contributed by atoms with E-state index in [0.29, 0.717) is 17.3 Å². The molecule has 1 aromatic heterocycles. The molecule has 1 fully saturated rings. The molecule has 1 aliphatic heterocycles. The zero-order valence-corrected chi connectivity index (χ0v) is 20.7. The van der Waals surface area contributed by atoms with E-state index in [0.717, 1.165) is 59.3 Å². The highest BCUT2D eigenvalue weighted by atomic mass is 19.1. The molecule has 0 spiro atoms. The summed E-state index contributed by atoms with van der Waals surface area (Å²) in [5, 5.41) is 10.3. The standard InChI is InChI=1S/C28H35FN4/c1-17(2)32-13-11-22(12-14-32)26-19(5)7-10-25(27(26)29)33(18(3)4)28-20(6)23-9-8-21(16-30)15-24(23)31-28/h7-10,15,17-18,22,31H,11-14H2,1-6H3. The second kappa shape index (κ2) is 9.19. The van der Waals surface area contributed by atoms with Gasteiger partial charge in [0, 0.05) is 23.0 Å². The molecule has 0 bridgehead atoms. The molecule has 0 unspecified atom stereocenters. The van der Waals surface area contributed by atoms with Gasteiger partial charge < -0.3 is 14.8 Å². The van der Waals surface area contributed by atoms with Gasteiger partial charge in [0.25, 0.3) is 0 Å². The second-order valence-electron chi connectivity index (χ2n) is 9.97. The van der Waals surface area contributed by atoms with Crippen LogP contribution in [-0.2, 0) is 0 Å². The van der Waals surface area contributed by atoms with Crippen LogP contribution in [0.4, 0.5) is 15.9 Å². The third-order valence-corrected chi connectivity index (χ3v) is 7.22. The van der Waals surface area contributed by atoms with Crippen molar-refractivity contribution in [3.63, 3.8) is 0 Å². The molecule has 5 heteroatoms. The van der Waals surface area contributed by atoms with Crippen LogP contribution < -0.4 is 4.90 Å². The van der Waals surface area contributed by atoms with Crippen LogP contribution >= 0.6 is 0 Å². The molecule has 3 aromatic rings. The second-order valence-corrected chi connectivity index (χ2v) is 9.97. The Kier molecular flexibility index (Phi) is 6.50. The maximum atomic E-state index is 16.3. The number of fused-ring (bicyclic) bond motifs is 1. The van der Waals surface area contributed by atoms with Crippen molar-refractivity contribution in [3.8, 4) is 6.07 Å². The molecule has 1 aliphatic rings. The minimum absolute atomic E-state index is 0.0556. The minimum Gasteiger partial charge on any atom is -0.341 e. The van der Waals surface area contributed by atoms with Crippen molar-refractivity contribution < 1.29 is 4.39 Å². The van der Waals surface area contributed by atoms with Crippen LogP contribution in [-0.4, -0.2) is 35.1 Å². The molecule has 0 saturated carbocycles. The summed E-state index contributed by atoms with van der Waals surface area (Å²) < 4.78 is 16.3. The van der Waals surface area contributed by atoms with Gasteiger partial charge >= 0.3 is 0 Å². The predicted molar refractivity (Wildman–Crippen MR) is 135 cm³/mol. The van der Waals surface area contributed by atoms with Crippen molar-refractivity contribution in [2.24, 2.45) is 0 Å². The van der Waals surface area contributed by atoms with E-state index in [2.05, 4.69) is 61.5 Å². The van der Waals surface area contributed by atoms with Gasteiger partial charge in [-0.3, -0.25) is 0 Å². The lowest BCUT2D eigenvalue weighted by Gasteiger charge is -2.36. The Balaban J connectivity index is 1.77. The largest absolute Gasteiger partial charge is 0.341 e. The minimum atomic E-state index is -0.0949. The van der Waals surface area contributed by atoms with Gasteiger partial charge in [-0.1, -0.05) is 12.1 Å². The number of anilines is 2. The Morgan fingerprint density at radius 3 is 2.39 bits per heavy atom. The molecule has 0 amide bonds. The Hall–Kier alpha value is -2.84. The summed E-state index contributed by atoms with van der Waals surface area (Å²) in [6.07, 6.45) is 1.98. The topological polar surface area (TPSA) is 46.1 Å². The van der Waals surface area contributed by atoms with Gasteiger partial charge in [0.2, 0.25) is 0 Å². The van der Waals surface area contributed by atoms with E-state index in [9.17, 15) is 5.26 Å². The number of rotatable bonds is 5. The summed E-state index contributed by atoms with van der Waals surface area (Å²) in [6.45, 7) is 14.8. The van der Waals surface area contributed by atoms with E-state index in [1.165, 1.54) is 0 Å². The lowest BCUT2D eigenvalue weighted by atomic mass is 9.85. The van der Waals surface area contributed by atoms with Crippen molar-refractivity contribution in [1.29, 1.82) is 5.26 Å². The van der Waals surface area contributed by atoms with E-state index in [4.69, 9.17) is 0 Å². The van der Waals surface area contributed by atoms with Crippen molar-refractivity contribution in [1.82, 2.24) is 9.88 Å². The fourth-order valence-electron chi connectivity index (χ4n) is 5.36. The smallest absolute Gasteiger partial charge is 0.150 e. The van der Waals surface area contributed by atoms with Gasteiger partial charge in [0.1, 0.15) is 5.82 Å². The van der Waals surface area contributed by atoms with Crippen molar-refractivity contribution in [2.75, 3.05) is 18.0 Å². The summed E-state index contributed by atoms with van der Waals surface area (Å²) in [7, 11) is 0. The summed E-state index contributed by atoms with van der Waals surface area (Å²) >= 11 is 0. The van der Waals surface area contributed by atoms with E-state index in [1.807, 2.05) is 31.2 Å². The summed E-state index contributed by atoms with van der Waals surface area (Å²) in [4.78, 5) is 8.03. The molecule has 174 valence electrons. The zero-order chi connectivity index (χ0) is 23.9. The maximum absolute atomic E-state index is 16.3. The fraction of sp³-hybridized carbons (Fsp3) is 0.464. The van der Waals surface area contributed by atoms with Crippen LogP contribution in [0.5, 0.6) is 0 Å². The van der Waals surface area contributed by atoms with E-state index >= 15 is 4.39 Å². The van der Waals surface area contributed by atoms with Crippen molar-refractivity contribution in [3.05, 3.63) is 58.4 Å². The summed E-state index contributed by atoms with van der Waals surface area (Å²) in [5.74, 6) is 1.04. The van der Waals surface area contributed by atoms with Crippen molar-refractivity contribution in [2.45, 2.75) is 72.4 Å². The number of likely N-dealkylation sites (tertiary alicyclic amines) is 1. The lowest BCUT2D eigenvalue weighted by Crippen LogP contribution is -2.38. The van der Waals surface area contributed by atoms with E-state index in [1.54, 1.807) is 0 Å². The fourth-order valence-corrected chi connectivity index (χ4v) is 5.36. The van der Waals surface area contributed by atoms with Crippen LogP contribution in [0.3, 0.4) is 0 Å². The number of aromatic nitrogens is 1. The number of nitrogens with one attached hydrogen (secondary N) is 1. The van der Waals surface area contributed by atoms with Gasteiger partial charge in [-0.2, -0.15) is 5.26 Å². The number of aryl methyl sites for hydroxylation is 2.